The van der Waals surface area contributed by atoms with Crippen LogP contribution in [0.15, 0.2) is 170 Å². The van der Waals surface area contributed by atoms with Crippen molar-refractivity contribution in [1.29, 1.82) is 0 Å². The zero-order valence-electron chi connectivity index (χ0n) is 59.3. The van der Waals surface area contributed by atoms with Crippen LogP contribution in [-0.4, -0.2) is 108 Å². The maximum absolute atomic E-state index is 15.7. The molecular formula is C84H82N6O14. The van der Waals surface area contributed by atoms with Gasteiger partial charge in [-0.3, -0.25) is 57.7 Å². The van der Waals surface area contributed by atoms with Gasteiger partial charge in [-0.05, 0) is 185 Å². The van der Waals surface area contributed by atoms with Crippen LogP contribution in [0.25, 0.3) is 43.1 Å². The van der Waals surface area contributed by atoms with Crippen LogP contribution in [0.5, 0.6) is 46.0 Å². The van der Waals surface area contributed by atoms with Crippen molar-refractivity contribution in [3.8, 4) is 46.0 Å². The summed E-state index contributed by atoms with van der Waals surface area (Å²) in [6, 6.07) is 34.6. The summed E-state index contributed by atoms with van der Waals surface area (Å²) in [6.45, 7) is 25.3. The lowest BCUT2D eigenvalue weighted by atomic mass is 9.80. The van der Waals surface area contributed by atoms with Crippen LogP contribution in [0.2, 0.25) is 0 Å². The normalized spacial score (nSPS) is 12.4. The van der Waals surface area contributed by atoms with Crippen molar-refractivity contribution in [3.63, 3.8) is 0 Å². The van der Waals surface area contributed by atoms with Crippen molar-refractivity contribution in [1.82, 2.24) is 31.1 Å². The van der Waals surface area contributed by atoms with Gasteiger partial charge in [-0.1, -0.05) is 88.7 Å². The second-order valence-corrected chi connectivity index (χ2v) is 26.5. The summed E-state index contributed by atoms with van der Waals surface area (Å²) >= 11 is 0. The number of carbonyl (C=O) groups excluding carboxylic acids is 10. The molecule has 0 fully saturated rings. The second kappa shape index (κ2) is 31.9. The molecule has 2 heterocycles. The van der Waals surface area contributed by atoms with Crippen LogP contribution in [0.1, 0.15) is 144 Å². The fraction of sp³-hybridized carbons (Fsp3) is 0.262. The Bertz CT molecular complexity index is 4440. The van der Waals surface area contributed by atoms with E-state index in [-0.39, 0.29) is 148 Å². The summed E-state index contributed by atoms with van der Waals surface area (Å²) < 4.78 is 28.6. The Labute approximate surface area is 602 Å². The van der Waals surface area contributed by atoms with E-state index in [2.05, 4.69) is 47.6 Å². The van der Waals surface area contributed by atoms with Gasteiger partial charge in [-0.25, -0.2) is 0 Å². The van der Waals surface area contributed by atoms with E-state index < -0.39 is 48.5 Å². The summed E-state index contributed by atoms with van der Waals surface area (Å²) in [5.41, 5.74) is 4.93. The van der Waals surface area contributed by atoms with Gasteiger partial charge in [-0.15, -0.1) is 0 Å². The van der Waals surface area contributed by atoms with E-state index in [0.717, 1.165) is 32.1 Å². The Kier molecular flexibility index (Phi) is 22.4. The van der Waals surface area contributed by atoms with Gasteiger partial charge in [-0.2, -0.15) is 0 Å². The zero-order chi connectivity index (χ0) is 74.2. The first-order chi connectivity index (χ1) is 49.9. The minimum absolute atomic E-state index is 0.0149. The Morgan fingerprint density at radius 2 is 0.615 bits per heavy atom. The van der Waals surface area contributed by atoms with Gasteiger partial charge in [0, 0.05) is 93.3 Å². The van der Waals surface area contributed by atoms with Crippen molar-refractivity contribution in [2.75, 3.05) is 39.3 Å². The number of rotatable bonds is 34. The molecule has 9 aromatic carbocycles. The third-order valence-corrected chi connectivity index (χ3v) is 18.3. The van der Waals surface area contributed by atoms with Crippen molar-refractivity contribution in [2.24, 2.45) is 0 Å². The lowest BCUT2D eigenvalue weighted by molar-refractivity contribution is -0.122. The predicted molar refractivity (Wildman–Crippen MR) is 400 cm³/mol. The highest BCUT2D eigenvalue weighted by atomic mass is 16.5. The zero-order valence-corrected chi connectivity index (χ0v) is 59.3. The number of carbonyl (C=O) groups is 10. The number of hydrogen-bond acceptors (Lipinski definition) is 14. The van der Waals surface area contributed by atoms with E-state index in [4.69, 9.17) is 18.9 Å². The molecule has 9 aromatic rings. The molecule has 0 radical (unpaired) electrons. The molecule has 0 spiro atoms. The number of amides is 8. The van der Waals surface area contributed by atoms with Gasteiger partial charge in [0.05, 0.1) is 22.3 Å². The van der Waals surface area contributed by atoms with Crippen molar-refractivity contribution < 1.29 is 66.9 Å². The highest BCUT2D eigenvalue weighted by molar-refractivity contribution is 6.45. The van der Waals surface area contributed by atoms with Gasteiger partial charge in [0.15, 0.2) is 11.6 Å². The van der Waals surface area contributed by atoms with Gasteiger partial charge >= 0.3 is 0 Å². The van der Waals surface area contributed by atoms with E-state index in [1.165, 1.54) is 24.3 Å². The second-order valence-electron chi connectivity index (χ2n) is 26.5. The van der Waals surface area contributed by atoms with Gasteiger partial charge in [0.2, 0.25) is 23.6 Å². The third kappa shape index (κ3) is 15.8. The Hall–Kier alpha value is -12.1. The average Bonchev–Trinajstić information content (AvgIpc) is 0.672. The number of Topliss-reactive ketones (excluding diaryl/α,β-unsaturated/α-hetero) is 2. The van der Waals surface area contributed by atoms with Gasteiger partial charge in [0.1, 0.15) is 59.1 Å². The number of fused-ring (bicyclic) bond motifs is 2. The summed E-state index contributed by atoms with van der Waals surface area (Å²) in [6.07, 6.45) is 4.79. The predicted octanol–water partition coefficient (Wildman–Crippen LogP) is 14.6. The molecule has 532 valence electrons. The van der Waals surface area contributed by atoms with E-state index in [9.17, 15) is 28.8 Å². The smallest absolute Gasteiger partial charge is 0.262 e. The first-order valence-corrected chi connectivity index (χ1v) is 34.9. The lowest BCUT2D eigenvalue weighted by Gasteiger charge is -2.32. The largest absolute Gasteiger partial charge is 0.457 e. The molecule has 0 aromatic heterocycles. The summed E-state index contributed by atoms with van der Waals surface area (Å²) in [4.78, 5) is 142. The molecule has 20 heteroatoms. The molecule has 2 aliphatic rings. The van der Waals surface area contributed by atoms with Crippen molar-refractivity contribution >= 4 is 102 Å². The highest BCUT2D eigenvalue weighted by Gasteiger charge is 2.42. The summed E-state index contributed by atoms with van der Waals surface area (Å²) in [5, 5.41) is 12.9. The summed E-state index contributed by atoms with van der Waals surface area (Å²) in [7, 11) is 0. The number of ether oxygens (including phenoxy) is 4. The fourth-order valence-corrected chi connectivity index (χ4v) is 12.8. The number of benzene rings is 9. The number of hydrogen-bond donors (Lipinski definition) is 4. The van der Waals surface area contributed by atoms with E-state index in [1.807, 2.05) is 62.4 Å². The number of allylic oxidation sites excluding steroid dienone is 2. The fourth-order valence-electron chi connectivity index (χ4n) is 12.8. The van der Waals surface area contributed by atoms with Crippen LogP contribution >= 0.6 is 0 Å². The quantitative estimate of drug-likeness (QED) is 0.0127. The molecule has 0 aliphatic carbocycles. The monoisotopic (exact) mass is 1400 g/mol. The minimum Gasteiger partial charge on any atom is -0.457 e. The van der Waals surface area contributed by atoms with E-state index in [1.54, 1.807) is 76.2 Å². The molecule has 20 nitrogen and oxygen atoms in total. The number of imide groups is 2. The topological polar surface area (TPSA) is 262 Å². The first-order valence-electron chi connectivity index (χ1n) is 34.9. The molecule has 11 rings (SSSR count). The lowest BCUT2D eigenvalue weighted by Crippen LogP contribution is -2.46. The van der Waals surface area contributed by atoms with Crippen LogP contribution in [0, 0.1) is 0 Å². The highest BCUT2D eigenvalue weighted by Crippen LogP contribution is 2.58. The first kappa shape index (κ1) is 73.2. The summed E-state index contributed by atoms with van der Waals surface area (Å²) in [5.74, 6) is -3.99. The van der Waals surface area contributed by atoms with E-state index >= 15 is 19.2 Å². The SMILES string of the molecule is C=C(C)C(=O)CCCc1ccc(Oc2cc3c4c(cc(Oc5ccc(CCCC(=O)C(=C)C)cc5)c5c6c(Oc7ccc(CCNC(=O)C(=C)C)cc7)cc7c8c(cc(Oc9ccc(CCNC(=O)C(=C)C)cc9)c(c2c45)c86)C(=O)N(CC(=O)NCCC)C7=O)C(=O)N(CC(=O)NCCC)C3=O)cc1. The molecule has 0 atom stereocenters. The van der Waals surface area contributed by atoms with Gasteiger partial charge in [0.25, 0.3) is 23.6 Å². The number of nitrogens with zero attached hydrogens (tertiary/aromatic N) is 2. The molecule has 0 unspecified atom stereocenters. The van der Waals surface area contributed by atoms with Crippen molar-refractivity contribution in [2.45, 2.75) is 106 Å². The molecule has 2 aliphatic heterocycles. The maximum atomic E-state index is 15.7. The molecule has 8 amide bonds. The maximum Gasteiger partial charge on any atom is 0.262 e. The van der Waals surface area contributed by atoms with Crippen LogP contribution in [0.3, 0.4) is 0 Å². The Morgan fingerprint density at radius 3 is 0.865 bits per heavy atom. The van der Waals surface area contributed by atoms with Crippen LogP contribution in [0.4, 0.5) is 0 Å². The number of nitrogens with one attached hydrogen (secondary N) is 4. The van der Waals surface area contributed by atoms with Crippen molar-refractivity contribution in [3.05, 3.63) is 214 Å². The number of ketones is 2. The van der Waals surface area contributed by atoms with E-state index in [0.29, 0.717) is 99.6 Å². The van der Waals surface area contributed by atoms with Gasteiger partial charge < -0.3 is 40.2 Å². The Morgan fingerprint density at radius 1 is 0.346 bits per heavy atom. The van der Waals surface area contributed by atoms with Crippen LogP contribution in [-0.2, 0) is 54.5 Å². The minimum atomic E-state index is -0.830. The molecular weight excluding hydrogens is 1320 g/mol. The Balaban J connectivity index is 1.24. The standard InChI is InChI=1S/C84H82N6O14/c1-11-37-85-69(93)45-89-81(97)59-41-65(101-55-27-19-51(20-28-55)15-13-17-63(91)47(3)4)73-75-67(103-57-31-23-53(24-32-57)35-39-87-79(95)49(7)8)43-61-72-62(84(100)90(83(61)99)46-70(94)86-38-12-2)44-68(104-58-33-25-54(26-34-58)36-40-88-80(96)50(9)10)76(78(72)75)74-66(42-60(82(89)98)71(59)77(73)74)102-56-29-21-52(22-30-56)16-14-18-64(92)48(5)6/h19-34,41-44H,3,5,7,9,11-18,35-40,45-46H2,1-2,4,6,8,10H3,(H,85,93)(H,86,94)(H,87,95)(H,88,96). The van der Waals surface area contributed by atoms with Crippen LogP contribution < -0.4 is 40.2 Å². The molecule has 4 N–H and O–H groups in total. The third-order valence-electron chi connectivity index (χ3n) is 18.3. The number of aryl methyl sites for hydroxylation is 2. The molecule has 0 bridgehead atoms. The average molecular weight is 1400 g/mol. The molecule has 0 saturated heterocycles. The molecule has 0 saturated carbocycles. The molecule has 104 heavy (non-hydrogen) atoms.